The van der Waals surface area contributed by atoms with E-state index in [1.54, 1.807) is 0 Å². The molecule has 1 N–H and O–H groups in total. The van der Waals surface area contributed by atoms with E-state index in [1.165, 1.54) is 18.4 Å². The molecule has 1 heterocycles. The quantitative estimate of drug-likeness (QED) is 0.378. The summed E-state index contributed by atoms with van der Waals surface area (Å²) >= 11 is 5.90. The second-order valence-electron chi connectivity index (χ2n) is 6.07. The van der Waals surface area contributed by atoms with Gasteiger partial charge in [0.1, 0.15) is 5.58 Å². The molecule has 144 valence electrons. The fourth-order valence-electron chi connectivity index (χ4n) is 2.59. The van der Waals surface area contributed by atoms with Crippen molar-refractivity contribution >= 4 is 45.8 Å². The molecule has 0 spiro atoms. The molecular formula is C19H15ClN2O6. The molecule has 1 aromatic heterocycles. The summed E-state index contributed by atoms with van der Waals surface area (Å²) in [5.74, 6) is -1.20. The van der Waals surface area contributed by atoms with Gasteiger partial charge in [0.25, 0.3) is 11.6 Å². The van der Waals surface area contributed by atoms with Crippen LogP contribution >= 0.6 is 11.6 Å². The number of nitro groups is 1. The van der Waals surface area contributed by atoms with Crippen LogP contribution in [0, 0.1) is 17.0 Å². The Balaban J connectivity index is 1.55. The number of aryl methyl sites for hydroxylation is 1. The lowest BCUT2D eigenvalue weighted by Crippen LogP contribution is -2.21. The van der Waals surface area contributed by atoms with Gasteiger partial charge in [-0.05, 0) is 24.6 Å². The Morgan fingerprint density at radius 1 is 1.25 bits per heavy atom. The van der Waals surface area contributed by atoms with E-state index < -0.39 is 23.4 Å². The monoisotopic (exact) mass is 402 g/mol. The maximum atomic E-state index is 12.0. The van der Waals surface area contributed by atoms with E-state index in [4.69, 9.17) is 20.8 Å². The fourth-order valence-corrected chi connectivity index (χ4v) is 2.81. The summed E-state index contributed by atoms with van der Waals surface area (Å²) in [4.78, 5) is 34.1. The Morgan fingerprint density at radius 2 is 2.04 bits per heavy atom. The molecule has 1 amide bonds. The Kier molecular flexibility index (Phi) is 5.60. The van der Waals surface area contributed by atoms with E-state index in [9.17, 15) is 19.7 Å². The van der Waals surface area contributed by atoms with Crippen molar-refractivity contribution in [3.8, 4) is 0 Å². The van der Waals surface area contributed by atoms with Crippen molar-refractivity contribution in [1.82, 2.24) is 0 Å². The number of nitrogens with one attached hydrogen (secondary N) is 1. The van der Waals surface area contributed by atoms with Gasteiger partial charge in [0.2, 0.25) is 0 Å². The summed E-state index contributed by atoms with van der Waals surface area (Å²) in [6.07, 6.45) is 1.45. The molecule has 0 aliphatic heterocycles. The summed E-state index contributed by atoms with van der Waals surface area (Å²) in [5.41, 5.74) is 2.37. The second-order valence-corrected chi connectivity index (χ2v) is 6.47. The van der Waals surface area contributed by atoms with E-state index >= 15 is 0 Å². The van der Waals surface area contributed by atoms with Crippen LogP contribution in [0.25, 0.3) is 11.0 Å². The lowest BCUT2D eigenvalue weighted by atomic mass is 10.1. The topological polar surface area (TPSA) is 112 Å². The molecule has 0 aliphatic rings. The molecular weight excluding hydrogens is 388 g/mol. The molecule has 0 atom stereocenters. The fraction of sp³-hybridized carbons (Fsp3) is 0.158. The number of anilines is 1. The number of benzene rings is 2. The van der Waals surface area contributed by atoms with Gasteiger partial charge >= 0.3 is 5.97 Å². The van der Waals surface area contributed by atoms with Crippen LogP contribution in [0.15, 0.2) is 47.1 Å². The summed E-state index contributed by atoms with van der Waals surface area (Å²) in [6, 6.07) is 9.27. The number of ether oxygens (including phenoxy) is 1. The lowest BCUT2D eigenvalue weighted by Gasteiger charge is -2.08. The number of amides is 1. The molecule has 0 fully saturated rings. The number of nitro benzene ring substituents is 1. The molecule has 8 nitrogen and oxygen atoms in total. The third-order valence-electron chi connectivity index (χ3n) is 3.95. The third-order valence-corrected chi connectivity index (χ3v) is 4.26. The van der Waals surface area contributed by atoms with Crippen LogP contribution in [-0.4, -0.2) is 23.4 Å². The van der Waals surface area contributed by atoms with E-state index in [0.717, 1.165) is 17.0 Å². The van der Waals surface area contributed by atoms with Crippen molar-refractivity contribution in [1.29, 1.82) is 0 Å². The predicted octanol–water partition coefficient (Wildman–Crippen LogP) is 4.03. The second kappa shape index (κ2) is 8.10. The first-order valence-electron chi connectivity index (χ1n) is 8.19. The number of halogens is 1. The van der Waals surface area contributed by atoms with Crippen molar-refractivity contribution in [2.24, 2.45) is 0 Å². The number of carbonyl (C=O) groups is 2. The summed E-state index contributed by atoms with van der Waals surface area (Å²) in [7, 11) is 0. The summed E-state index contributed by atoms with van der Waals surface area (Å²) < 4.78 is 10.4. The van der Waals surface area contributed by atoms with E-state index in [-0.39, 0.29) is 22.8 Å². The molecule has 0 aliphatic carbocycles. The molecule has 0 saturated carbocycles. The molecule has 3 aromatic rings. The standard InChI is InChI=1S/C19H15ClN2O6/c1-11-2-4-14-12(9-27-17(14)6-11)7-19(24)28-10-18(23)21-16-5-3-13(22(25)26)8-15(16)20/h2-6,8-9H,7,10H2,1H3,(H,21,23). The van der Waals surface area contributed by atoms with E-state index in [1.807, 2.05) is 25.1 Å². The lowest BCUT2D eigenvalue weighted by molar-refractivity contribution is -0.384. The largest absolute Gasteiger partial charge is 0.464 e. The van der Waals surface area contributed by atoms with Crippen LogP contribution in [0.2, 0.25) is 5.02 Å². The average Bonchev–Trinajstić information content (AvgIpc) is 3.03. The Hall–Kier alpha value is -3.39. The molecule has 0 bridgehead atoms. The smallest absolute Gasteiger partial charge is 0.310 e. The van der Waals surface area contributed by atoms with Gasteiger partial charge in [0, 0.05) is 23.1 Å². The number of fused-ring (bicyclic) bond motifs is 1. The van der Waals surface area contributed by atoms with Crippen molar-refractivity contribution < 1.29 is 23.7 Å². The third kappa shape index (κ3) is 4.47. The maximum absolute atomic E-state index is 12.0. The van der Waals surface area contributed by atoms with Crippen molar-refractivity contribution in [3.05, 3.63) is 68.9 Å². The molecule has 0 radical (unpaired) electrons. The van der Waals surface area contributed by atoms with Crippen molar-refractivity contribution in [3.63, 3.8) is 0 Å². The highest BCUT2D eigenvalue weighted by atomic mass is 35.5. The normalized spacial score (nSPS) is 10.6. The summed E-state index contributed by atoms with van der Waals surface area (Å²) in [5, 5.41) is 13.9. The van der Waals surface area contributed by atoms with Gasteiger partial charge in [0.15, 0.2) is 6.61 Å². The van der Waals surface area contributed by atoms with Crippen LogP contribution in [0.4, 0.5) is 11.4 Å². The molecule has 9 heteroatoms. The van der Waals surface area contributed by atoms with Crippen LogP contribution in [0.1, 0.15) is 11.1 Å². The number of furan rings is 1. The number of hydrogen-bond acceptors (Lipinski definition) is 6. The Labute approximate surface area is 164 Å². The number of esters is 1. The zero-order valence-electron chi connectivity index (χ0n) is 14.7. The Morgan fingerprint density at radius 3 is 2.75 bits per heavy atom. The maximum Gasteiger partial charge on any atom is 0.310 e. The number of rotatable bonds is 6. The van der Waals surface area contributed by atoms with Gasteiger partial charge in [0.05, 0.1) is 28.3 Å². The van der Waals surface area contributed by atoms with Crippen LogP contribution in [0.3, 0.4) is 0 Å². The minimum Gasteiger partial charge on any atom is -0.464 e. The van der Waals surface area contributed by atoms with Crippen LogP contribution in [-0.2, 0) is 20.7 Å². The Bertz CT molecular complexity index is 1080. The van der Waals surface area contributed by atoms with Gasteiger partial charge in [-0.15, -0.1) is 0 Å². The first kappa shape index (κ1) is 19.4. The molecule has 0 unspecified atom stereocenters. The first-order valence-corrected chi connectivity index (χ1v) is 8.57. The predicted molar refractivity (Wildman–Crippen MR) is 102 cm³/mol. The van der Waals surface area contributed by atoms with Crippen LogP contribution in [0.5, 0.6) is 0 Å². The highest BCUT2D eigenvalue weighted by Crippen LogP contribution is 2.26. The number of nitrogens with zero attached hydrogens (tertiary/aromatic N) is 1. The minimum absolute atomic E-state index is 0.00837. The van der Waals surface area contributed by atoms with Crippen molar-refractivity contribution in [2.75, 3.05) is 11.9 Å². The molecule has 0 saturated heterocycles. The molecule has 2 aromatic carbocycles. The molecule has 3 rings (SSSR count). The minimum atomic E-state index is -0.614. The number of carbonyl (C=O) groups excluding carboxylic acids is 2. The van der Waals surface area contributed by atoms with Gasteiger partial charge in [-0.3, -0.25) is 19.7 Å². The van der Waals surface area contributed by atoms with Crippen LogP contribution < -0.4 is 5.32 Å². The van der Waals surface area contributed by atoms with E-state index in [0.29, 0.717) is 11.1 Å². The zero-order chi connectivity index (χ0) is 20.3. The van der Waals surface area contributed by atoms with E-state index in [2.05, 4.69) is 5.32 Å². The zero-order valence-corrected chi connectivity index (χ0v) is 15.5. The highest BCUT2D eigenvalue weighted by Gasteiger charge is 2.15. The van der Waals surface area contributed by atoms with Gasteiger partial charge in [-0.2, -0.15) is 0 Å². The van der Waals surface area contributed by atoms with Crippen molar-refractivity contribution in [2.45, 2.75) is 13.3 Å². The van der Waals surface area contributed by atoms with Gasteiger partial charge in [-0.25, -0.2) is 0 Å². The SMILES string of the molecule is Cc1ccc2c(CC(=O)OCC(=O)Nc3ccc([N+](=O)[O-])cc3Cl)coc2c1. The number of hydrogen-bond donors (Lipinski definition) is 1. The summed E-state index contributed by atoms with van der Waals surface area (Å²) in [6.45, 7) is 1.42. The van der Waals surface area contributed by atoms with Gasteiger partial charge in [-0.1, -0.05) is 23.7 Å². The highest BCUT2D eigenvalue weighted by molar-refractivity contribution is 6.34. The molecule has 28 heavy (non-hydrogen) atoms. The average molecular weight is 403 g/mol. The first-order chi connectivity index (χ1) is 13.3. The van der Waals surface area contributed by atoms with Gasteiger partial charge < -0.3 is 14.5 Å². The number of non-ortho nitro benzene ring substituents is 1.